The van der Waals surface area contributed by atoms with E-state index in [1.165, 1.54) is 12.1 Å². The smallest absolute Gasteiger partial charge is 0.171 e. The molecule has 0 heterocycles. The molecule has 0 fully saturated rings. The fourth-order valence-electron chi connectivity index (χ4n) is 2.70. The topological polar surface area (TPSA) is 51.8 Å². The van der Waals surface area contributed by atoms with Crippen LogP contribution in [0, 0.1) is 5.82 Å². The first-order valence-corrected chi connectivity index (χ1v) is 9.71. The lowest BCUT2D eigenvalue weighted by Gasteiger charge is -2.14. The molecule has 0 saturated carbocycles. The average molecular weight is 427 g/mol. The van der Waals surface area contributed by atoms with E-state index in [1.807, 2.05) is 36.4 Å². The van der Waals surface area contributed by atoms with Gasteiger partial charge in [-0.1, -0.05) is 24.3 Å². The monoisotopic (exact) mass is 426 g/mol. The molecule has 7 heteroatoms. The van der Waals surface area contributed by atoms with Crippen molar-refractivity contribution in [2.45, 2.75) is 13.2 Å². The second-order valence-corrected chi connectivity index (χ2v) is 6.84. The molecular weight excluding hydrogens is 403 g/mol. The molecule has 0 amide bonds. The number of methoxy groups -OCH3 is 2. The minimum absolute atomic E-state index is 0.256. The molecule has 0 aliphatic carbocycles. The molecule has 3 aromatic rings. The summed E-state index contributed by atoms with van der Waals surface area (Å²) in [4.78, 5) is 0. The summed E-state index contributed by atoms with van der Waals surface area (Å²) < 4.78 is 29.2. The fraction of sp³-hybridized carbons (Fsp3) is 0.174. The van der Waals surface area contributed by atoms with Gasteiger partial charge in [-0.05, 0) is 59.7 Å². The minimum atomic E-state index is -0.256. The highest BCUT2D eigenvalue weighted by molar-refractivity contribution is 7.80. The van der Waals surface area contributed by atoms with E-state index in [0.29, 0.717) is 29.8 Å². The molecule has 156 valence electrons. The van der Waals surface area contributed by atoms with E-state index >= 15 is 0 Å². The second kappa shape index (κ2) is 10.5. The Labute approximate surface area is 180 Å². The van der Waals surface area contributed by atoms with Gasteiger partial charge in [0.25, 0.3) is 0 Å². The molecular formula is C23H23FN2O3S. The zero-order valence-electron chi connectivity index (χ0n) is 16.8. The van der Waals surface area contributed by atoms with Crippen LogP contribution in [-0.4, -0.2) is 19.3 Å². The second-order valence-electron chi connectivity index (χ2n) is 6.43. The van der Waals surface area contributed by atoms with Gasteiger partial charge in [0, 0.05) is 12.6 Å². The van der Waals surface area contributed by atoms with Crippen molar-refractivity contribution in [1.82, 2.24) is 5.32 Å². The molecule has 0 spiro atoms. The van der Waals surface area contributed by atoms with Crippen LogP contribution in [-0.2, 0) is 13.2 Å². The highest BCUT2D eigenvalue weighted by Gasteiger charge is 2.07. The Bertz CT molecular complexity index is 979. The van der Waals surface area contributed by atoms with E-state index in [2.05, 4.69) is 10.6 Å². The summed E-state index contributed by atoms with van der Waals surface area (Å²) in [6.07, 6.45) is 0. The van der Waals surface area contributed by atoms with Crippen molar-refractivity contribution in [2.24, 2.45) is 0 Å². The Balaban J connectivity index is 1.48. The summed E-state index contributed by atoms with van der Waals surface area (Å²) in [5.41, 5.74) is 2.71. The number of hydrogen-bond donors (Lipinski definition) is 2. The number of ether oxygens (including phenoxy) is 3. The third-order valence-electron chi connectivity index (χ3n) is 4.35. The third kappa shape index (κ3) is 6.09. The van der Waals surface area contributed by atoms with Crippen molar-refractivity contribution in [3.8, 4) is 17.2 Å². The zero-order valence-corrected chi connectivity index (χ0v) is 17.6. The maximum Gasteiger partial charge on any atom is 0.171 e. The van der Waals surface area contributed by atoms with Gasteiger partial charge in [-0.2, -0.15) is 0 Å². The maximum absolute atomic E-state index is 12.9. The lowest BCUT2D eigenvalue weighted by atomic mass is 10.2. The van der Waals surface area contributed by atoms with Crippen molar-refractivity contribution in [1.29, 1.82) is 0 Å². The Morgan fingerprint density at radius 1 is 0.867 bits per heavy atom. The van der Waals surface area contributed by atoms with E-state index in [-0.39, 0.29) is 5.82 Å². The van der Waals surface area contributed by atoms with Gasteiger partial charge in [0.2, 0.25) is 0 Å². The number of halogens is 1. The molecule has 30 heavy (non-hydrogen) atoms. The van der Waals surface area contributed by atoms with Crippen LogP contribution in [0.15, 0.2) is 66.7 Å². The summed E-state index contributed by atoms with van der Waals surface area (Å²) in [7, 11) is 3.20. The van der Waals surface area contributed by atoms with E-state index in [1.54, 1.807) is 32.4 Å². The van der Waals surface area contributed by atoms with Crippen molar-refractivity contribution < 1.29 is 18.6 Å². The highest BCUT2D eigenvalue weighted by Crippen LogP contribution is 2.28. The molecule has 0 aliphatic rings. The van der Waals surface area contributed by atoms with Gasteiger partial charge >= 0.3 is 0 Å². The Morgan fingerprint density at radius 2 is 1.53 bits per heavy atom. The van der Waals surface area contributed by atoms with Gasteiger partial charge < -0.3 is 24.8 Å². The number of rotatable bonds is 8. The maximum atomic E-state index is 12.9. The van der Waals surface area contributed by atoms with E-state index in [0.717, 1.165) is 22.6 Å². The number of thiocarbonyl (C=S) groups is 1. The Hall–Kier alpha value is -3.32. The lowest BCUT2D eigenvalue weighted by Crippen LogP contribution is -2.28. The summed E-state index contributed by atoms with van der Waals surface area (Å²) in [5.74, 6) is 1.83. The van der Waals surface area contributed by atoms with Gasteiger partial charge in [-0.25, -0.2) is 4.39 Å². The molecule has 0 aliphatic heterocycles. The molecule has 5 nitrogen and oxygen atoms in total. The van der Waals surface area contributed by atoms with Crippen LogP contribution >= 0.6 is 12.2 Å². The van der Waals surface area contributed by atoms with Crippen molar-refractivity contribution in [3.63, 3.8) is 0 Å². The quantitative estimate of drug-likeness (QED) is 0.499. The SMILES string of the molecule is COc1ccc(NC(=S)NCc2ccc(OCc3ccc(F)cc3)cc2)c(OC)c1. The summed E-state index contributed by atoms with van der Waals surface area (Å²) in [6.45, 7) is 0.943. The predicted molar refractivity (Wildman–Crippen MR) is 120 cm³/mol. The first-order chi connectivity index (χ1) is 14.6. The van der Waals surface area contributed by atoms with Crippen LogP contribution in [0.1, 0.15) is 11.1 Å². The van der Waals surface area contributed by atoms with Gasteiger partial charge in [-0.15, -0.1) is 0 Å². The Kier molecular flexibility index (Phi) is 7.45. The average Bonchev–Trinajstić information content (AvgIpc) is 2.78. The predicted octanol–water partition coefficient (Wildman–Crippen LogP) is 4.91. The number of nitrogens with one attached hydrogen (secondary N) is 2. The van der Waals surface area contributed by atoms with Crippen LogP contribution in [0.2, 0.25) is 0 Å². The first kappa shape index (κ1) is 21.4. The number of benzene rings is 3. The molecule has 2 N–H and O–H groups in total. The fourth-order valence-corrected chi connectivity index (χ4v) is 2.88. The van der Waals surface area contributed by atoms with Crippen molar-refractivity contribution in [3.05, 3.63) is 83.7 Å². The van der Waals surface area contributed by atoms with Gasteiger partial charge in [0.05, 0.1) is 19.9 Å². The first-order valence-electron chi connectivity index (χ1n) is 9.30. The molecule has 0 aromatic heterocycles. The molecule has 0 bridgehead atoms. The van der Waals surface area contributed by atoms with E-state index in [4.69, 9.17) is 26.4 Å². The van der Waals surface area contributed by atoms with Gasteiger partial charge in [0.1, 0.15) is 29.7 Å². The standard InChI is InChI=1S/C23H23FN2O3S/c1-27-20-11-12-21(22(13-20)28-2)26-23(30)25-14-16-5-9-19(10-6-16)29-15-17-3-7-18(24)8-4-17/h3-13H,14-15H2,1-2H3,(H2,25,26,30). The molecule has 0 radical (unpaired) electrons. The van der Waals surface area contributed by atoms with Crippen LogP contribution in [0.4, 0.5) is 10.1 Å². The molecule has 3 aromatic carbocycles. The highest BCUT2D eigenvalue weighted by atomic mass is 32.1. The molecule has 0 unspecified atom stereocenters. The van der Waals surface area contributed by atoms with Gasteiger partial charge in [0.15, 0.2) is 5.11 Å². The van der Waals surface area contributed by atoms with Crippen LogP contribution in [0.3, 0.4) is 0 Å². The lowest BCUT2D eigenvalue weighted by molar-refractivity contribution is 0.306. The van der Waals surface area contributed by atoms with Crippen LogP contribution in [0.5, 0.6) is 17.2 Å². The molecule has 0 atom stereocenters. The van der Waals surface area contributed by atoms with Crippen LogP contribution in [0.25, 0.3) is 0 Å². The summed E-state index contributed by atoms with van der Waals surface area (Å²) in [5, 5.41) is 6.77. The number of anilines is 1. The largest absolute Gasteiger partial charge is 0.497 e. The van der Waals surface area contributed by atoms with E-state index < -0.39 is 0 Å². The van der Waals surface area contributed by atoms with Crippen LogP contribution < -0.4 is 24.8 Å². The molecule has 3 rings (SSSR count). The summed E-state index contributed by atoms with van der Waals surface area (Å²) in [6, 6.07) is 19.4. The minimum Gasteiger partial charge on any atom is -0.497 e. The normalized spacial score (nSPS) is 10.2. The van der Waals surface area contributed by atoms with Crippen molar-refractivity contribution >= 4 is 23.0 Å². The van der Waals surface area contributed by atoms with E-state index in [9.17, 15) is 4.39 Å². The molecule has 0 saturated heterocycles. The third-order valence-corrected chi connectivity index (χ3v) is 4.60. The van der Waals surface area contributed by atoms with Gasteiger partial charge in [-0.3, -0.25) is 0 Å². The number of hydrogen-bond acceptors (Lipinski definition) is 4. The zero-order chi connectivity index (χ0) is 21.3. The summed E-state index contributed by atoms with van der Waals surface area (Å²) >= 11 is 5.37. The Morgan fingerprint density at radius 3 is 2.20 bits per heavy atom. The van der Waals surface area contributed by atoms with Crippen molar-refractivity contribution in [2.75, 3.05) is 19.5 Å².